The predicted molar refractivity (Wildman–Crippen MR) is 112 cm³/mol. The van der Waals surface area contributed by atoms with Crippen LogP contribution < -0.4 is 11.1 Å². The predicted octanol–water partition coefficient (Wildman–Crippen LogP) is 1.59. The van der Waals surface area contributed by atoms with Gasteiger partial charge in [0.2, 0.25) is 0 Å². The van der Waals surface area contributed by atoms with Crippen molar-refractivity contribution >= 4 is 11.7 Å². The number of rotatable bonds is 10. The molecule has 11 heteroatoms. The van der Waals surface area contributed by atoms with E-state index in [0.29, 0.717) is 36.3 Å². The number of carbonyl (C=O) groups excluding carboxylic acids is 1. The summed E-state index contributed by atoms with van der Waals surface area (Å²) in [5.74, 6) is 0.912. The van der Waals surface area contributed by atoms with Gasteiger partial charge in [0.15, 0.2) is 5.82 Å². The number of nitrogens with one attached hydrogen (secondary N) is 1. The molecule has 3 atom stereocenters. The third-order valence-corrected chi connectivity index (χ3v) is 5.65. The summed E-state index contributed by atoms with van der Waals surface area (Å²) in [6.07, 6.45) is 4.42. The largest absolute Gasteiger partial charge is 0.465 e. The summed E-state index contributed by atoms with van der Waals surface area (Å²) < 4.78 is 6.38. The molecule has 1 fully saturated rings. The highest BCUT2D eigenvalue weighted by Crippen LogP contribution is 2.30. The van der Waals surface area contributed by atoms with Gasteiger partial charge in [-0.1, -0.05) is 18.6 Å². The molecule has 168 valence electrons. The Hall–Kier alpha value is -2.92. The van der Waals surface area contributed by atoms with E-state index in [2.05, 4.69) is 20.8 Å². The Morgan fingerprint density at radius 1 is 1.42 bits per heavy atom. The third kappa shape index (κ3) is 6.05. The van der Waals surface area contributed by atoms with Crippen molar-refractivity contribution in [1.29, 1.82) is 0 Å². The van der Waals surface area contributed by atoms with Crippen LogP contribution in [-0.4, -0.2) is 50.8 Å². The number of nitrogens with zero attached hydrogens (tertiary/aromatic N) is 5. The van der Waals surface area contributed by atoms with Gasteiger partial charge in [-0.3, -0.25) is 14.9 Å². The molecule has 0 saturated heterocycles. The number of benzene rings is 1. The Balaban J connectivity index is 1.85. The molecule has 0 amide bonds. The van der Waals surface area contributed by atoms with Gasteiger partial charge in [0.25, 0.3) is 5.69 Å². The number of hydrogen-bond acceptors (Lipinski definition) is 9. The van der Waals surface area contributed by atoms with E-state index in [1.807, 2.05) is 0 Å². The van der Waals surface area contributed by atoms with Crippen molar-refractivity contribution in [2.45, 2.75) is 45.2 Å². The zero-order valence-electron chi connectivity index (χ0n) is 17.6. The average molecular weight is 431 g/mol. The van der Waals surface area contributed by atoms with E-state index in [1.54, 1.807) is 19.1 Å². The fourth-order valence-electron chi connectivity index (χ4n) is 4.12. The van der Waals surface area contributed by atoms with Crippen LogP contribution in [0.4, 0.5) is 5.69 Å². The minimum Gasteiger partial charge on any atom is -0.465 e. The topological polar surface area (TPSA) is 151 Å². The van der Waals surface area contributed by atoms with Crippen LogP contribution in [-0.2, 0) is 16.1 Å². The molecule has 0 spiro atoms. The number of ether oxygens (including phenoxy) is 1. The van der Waals surface area contributed by atoms with Crippen LogP contribution in [0.3, 0.4) is 0 Å². The number of nitro groups is 1. The van der Waals surface area contributed by atoms with E-state index in [-0.39, 0.29) is 18.8 Å². The number of aromatic nitrogens is 4. The summed E-state index contributed by atoms with van der Waals surface area (Å²) in [7, 11) is 0. The van der Waals surface area contributed by atoms with E-state index >= 15 is 0 Å². The van der Waals surface area contributed by atoms with Crippen LogP contribution >= 0.6 is 0 Å². The van der Waals surface area contributed by atoms with Crippen LogP contribution in [0, 0.1) is 22.0 Å². The van der Waals surface area contributed by atoms with Crippen molar-refractivity contribution in [3.8, 4) is 0 Å². The first-order valence-electron chi connectivity index (χ1n) is 10.6. The highest BCUT2D eigenvalue weighted by Gasteiger charge is 2.27. The van der Waals surface area contributed by atoms with E-state index in [1.165, 1.54) is 16.8 Å². The highest BCUT2D eigenvalue weighted by molar-refractivity contribution is 5.69. The van der Waals surface area contributed by atoms with E-state index in [0.717, 1.165) is 25.7 Å². The zero-order chi connectivity index (χ0) is 22.2. The standard InChI is InChI=1S/C20H29N7O4/c1-2-31-18(28)13-26-20(23-24-25-26)19(16-7-4-8-17(10-16)27(29)30)22-12-15-6-3-5-14(9-15)11-21/h4,7-8,10,14-15,19,22H,2-3,5-6,9,11-13,21H2,1H3. The zero-order valence-corrected chi connectivity index (χ0v) is 17.6. The molecular weight excluding hydrogens is 402 g/mol. The number of carbonyl (C=O) groups is 1. The summed E-state index contributed by atoms with van der Waals surface area (Å²) in [6, 6.07) is 5.85. The summed E-state index contributed by atoms with van der Waals surface area (Å²) in [4.78, 5) is 22.8. The van der Waals surface area contributed by atoms with Crippen molar-refractivity contribution in [2.24, 2.45) is 17.6 Å². The fraction of sp³-hybridized carbons (Fsp3) is 0.600. The number of nitrogens with two attached hydrogens (primary N) is 1. The van der Waals surface area contributed by atoms with E-state index < -0.39 is 16.9 Å². The number of hydrogen-bond donors (Lipinski definition) is 2. The molecule has 2 aromatic rings. The van der Waals surface area contributed by atoms with Crippen LogP contribution in [0.15, 0.2) is 24.3 Å². The Morgan fingerprint density at radius 3 is 2.97 bits per heavy atom. The maximum absolute atomic E-state index is 12.0. The van der Waals surface area contributed by atoms with Gasteiger partial charge in [-0.05, 0) is 67.1 Å². The Labute approximate surface area is 180 Å². The Bertz CT molecular complexity index is 888. The van der Waals surface area contributed by atoms with Crippen LogP contribution in [0.2, 0.25) is 0 Å². The Morgan fingerprint density at radius 2 is 2.23 bits per heavy atom. The normalized spacial score (nSPS) is 19.7. The second-order valence-corrected chi connectivity index (χ2v) is 7.83. The minimum absolute atomic E-state index is 0.0189. The maximum Gasteiger partial charge on any atom is 0.327 e. The monoisotopic (exact) mass is 431 g/mol. The van der Waals surface area contributed by atoms with Crippen LogP contribution in [0.25, 0.3) is 0 Å². The molecule has 0 radical (unpaired) electrons. The number of esters is 1. The molecule has 1 aromatic carbocycles. The first-order valence-corrected chi connectivity index (χ1v) is 10.6. The smallest absolute Gasteiger partial charge is 0.327 e. The van der Waals surface area contributed by atoms with Gasteiger partial charge in [-0.2, -0.15) is 0 Å². The molecule has 3 N–H and O–H groups in total. The van der Waals surface area contributed by atoms with Crippen molar-refractivity contribution in [3.05, 3.63) is 45.8 Å². The molecule has 1 aliphatic rings. The highest BCUT2D eigenvalue weighted by atomic mass is 16.6. The first kappa shape index (κ1) is 22.8. The molecule has 11 nitrogen and oxygen atoms in total. The lowest BCUT2D eigenvalue weighted by atomic mass is 9.81. The van der Waals surface area contributed by atoms with Gasteiger partial charge in [0.05, 0.1) is 17.6 Å². The quantitative estimate of drug-likeness (QED) is 0.324. The third-order valence-electron chi connectivity index (χ3n) is 5.65. The van der Waals surface area contributed by atoms with Crippen LogP contribution in [0.1, 0.15) is 50.0 Å². The fourth-order valence-corrected chi connectivity index (χ4v) is 4.12. The lowest BCUT2D eigenvalue weighted by Crippen LogP contribution is -2.34. The van der Waals surface area contributed by atoms with Crippen LogP contribution in [0.5, 0.6) is 0 Å². The molecule has 1 heterocycles. The molecular formula is C20H29N7O4. The molecule has 31 heavy (non-hydrogen) atoms. The van der Waals surface area contributed by atoms with E-state index in [9.17, 15) is 14.9 Å². The molecule has 0 bridgehead atoms. The van der Waals surface area contributed by atoms with Gasteiger partial charge in [0, 0.05) is 12.1 Å². The average Bonchev–Trinajstić information content (AvgIpc) is 3.22. The van der Waals surface area contributed by atoms with Gasteiger partial charge in [0.1, 0.15) is 6.54 Å². The molecule has 3 unspecified atom stereocenters. The van der Waals surface area contributed by atoms with Gasteiger partial charge in [-0.25, -0.2) is 4.68 Å². The second kappa shape index (κ2) is 10.9. The molecule has 1 aromatic heterocycles. The maximum atomic E-state index is 12.0. The second-order valence-electron chi connectivity index (χ2n) is 7.83. The van der Waals surface area contributed by atoms with Gasteiger partial charge < -0.3 is 15.8 Å². The lowest BCUT2D eigenvalue weighted by Gasteiger charge is -2.30. The molecule has 1 aliphatic carbocycles. The summed E-state index contributed by atoms with van der Waals surface area (Å²) in [5, 5.41) is 26.5. The van der Waals surface area contributed by atoms with Crippen molar-refractivity contribution < 1.29 is 14.5 Å². The molecule has 3 rings (SSSR count). The molecule has 1 saturated carbocycles. The van der Waals surface area contributed by atoms with Crippen molar-refractivity contribution in [1.82, 2.24) is 25.5 Å². The summed E-state index contributed by atoms with van der Waals surface area (Å²) in [6.45, 7) is 3.22. The van der Waals surface area contributed by atoms with E-state index in [4.69, 9.17) is 10.5 Å². The summed E-state index contributed by atoms with van der Waals surface area (Å²) >= 11 is 0. The van der Waals surface area contributed by atoms with Crippen molar-refractivity contribution in [3.63, 3.8) is 0 Å². The van der Waals surface area contributed by atoms with Gasteiger partial charge in [-0.15, -0.1) is 5.10 Å². The number of nitro benzene ring substituents is 1. The Kier molecular flexibility index (Phi) is 8.01. The summed E-state index contributed by atoms with van der Waals surface area (Å²) in [5.41, 5.74) is 6.50. The van der Waals surface area contributed by atoms with Crippen molar-refractivity contribution in [2.75, 3.05) is 19.7 Å². The first-order chi connectivity index (χ1) is 15.0. The molecule has 0 aliphatic heterocycles. The number of non-ortho nitro benzene ring substituents is 1. The van der Waals surface area contributed by atoms with Gasteiger partial charge >= 0.3 is 5.97 Å². The lowest BCUT2D eigenvalue weighted by molar-refractivity contribution is -0.384. The number of tetrazole rings is 1. The SMILES string of the molecule is CCOC(=O)Cn1nnnc1C(NCC1CCCC(CN)C1)c1cccc([N+](=O)[O-])c1. The minimum atomic E-state index is -0.512.